The summed E-state index contributed by atoms with van der Waals surface area (Å²) in [7, 11) is 4.24. The summed E-state index contributed by atoms with van der Waals surface area (Å²) < 4.78 is 0. The molecule has 18 heavy (non-hydrogen) atoms. The van der Waals surface area contributed by atoms with Gasteiger partial charge in [0.2, 0.25) is 5.91 Å². The number of nitrogens with two attached hydrogens (primary N) is 1. The molecule has 1 amide bonds. The highest BCUT2D eigenvalue weighted by Crippen LogP contribution is 2.18. The maximum absolute atomic E-state index is 12.0. The Morgan fingerprint density at radius 3 is 2.44 bits per heavy atom. The lowest BCUT2D eigenvalue weighted by molar-refractivity contribution is -0.132. The summed E-state index contributed by atoms with van der Waals surface area (Å²) in [6, 6.07) is 0. The number of unbranched alkanes of at least 4 members (excludes halogenated alkanes) is 2. The number of hydrogen-bond acceptors (Lipinski definition) is 3. The lowest BCUT2D eigenvalue weighted by Crippen LogP contribution is -2.40. The third kappa shape index (κ3) is 5.83. The number of nitrogens with zero attached hydrogens (tertiary/aromatic N) is 2. The first-order chi connectivity index (χ1) is 8.63. The van der Waals surface area contributed by atoms with Crippen molar-refractivity contribution in [2.24, 2.45) is 11.7 Å². The molecule has 0 atom stereocenters. The molecule has 1 heterocycles. The topological polar surface area (TPSA) is 49.6 Å². The largest absolute Gasteiger partial charge is 0.343 e. The molecule has 1 aliphatic heterocycles. The number of piperidine rings is 1. The predicted octanol–water partition coefficient (Wildman–Crippen LogP) is 1.31. The van der Waals surface area contributed by atoms with E-state index in [1.54, 1.807) is 0 Å². The van der Waals surface area contributed by atoms with Crippen LogP contribution < -0.4 is 5.73 Å². The number of likely N-dealkylation sites (tertiary alicyclic amines) is 1. The third-order valence-corrected chi connectivity index (χ3v) is 3.69. The second kappa shape index (κ2) is 8.48. The maximum Gasteiger partial charge on any atom is 0.222 e. The molecule has 1 rings (SSSR count). The van der Waals surface area contributed by atoms with E-state index in [4.69, 9.17) is 5.73 Å². The Hall–Kier alpha value is -0.610. The van der Waals surface area contributed by atoms with E-state index in [1.165, 1.54) is 0 Å². The van der Waals surface area contributed by atoms with Crippen molar-refractivity contribution in [1.82, 2.24) is 9.80 Å². The van der Waals surface area contributed by atoms with Gasteiger partial charge in [-0.05, 0) is 52.2 Å². The van der Waals surface area contributed by atoms with E-state index in [9.17, 15) is 4.79 Å². The molecule has 0 unspecified atom stereocenters. The molecule has 0 bridgehead atoms. The average molecular weight is 255 g/mol. The van der Waals surface area contributed by atoms with Gasteiger partial charge in [0.25, 0.3) is 0 Å². The summed E-state index contributed by atoms with van der Waals surface area (Å²) in [4.78, 5) is 16.3. The maximum atomic E-state index is 12.0. The van der Waals surface area contributed by atoms with E-state index in [1.807, 2.05) is 0 Å². The molecule has 0 aromatic carbocycles. The highest BCUT2D eigenvalue weighted by Gasteiger charge is 2.22. The quantitative estimate of drug-likeness (QED) is 0.698. The lowest BCUT2D eigenvalue weighted by atomic mass is 9.96. The van der Waals surface area contributed by atoms with Gasteiger partial charge in [0.15, 0.2) is 0 Å². The summed E-state index contributed by atoms with van der Waals surface area (Å²) in [6.45, 7) is 3.80. The standard InChI is InChI=1S/C14H29N3O/c1-16(2)12-13-7-10-17(11-8-13)14(18)6-4-3-5-9-15/h13H,3-12,15H2,1-2H3. The number of rotatable bonds is 7. The van der Waals surface area contributed by atoms with Crippen LogP contribution in [0.1, 0.15) is 38.5 Å². The normalized spacial score (nSPS) is 17.4. The fourth-order valence-electron chi connectivity index (χ4n) is 2.64. The highest BCUT2D eigenvalue weighted by molar-refractivity contribution is 5.76. The zero-order valence-electron chi connectivity index (χ0n) is 12.0. The molecular weight excluding hydrogens is 226 g/mol. The van der Waals surface area contributed by atoms with Crippen LogP contribution in [0.15, 0.2) is 0 Å². The molecule has 0 radical (unpaired) electrons. The second-order valence-corrected chi connectivity index (χ2v) is 5.69. The third-order valence-electron chi connectivity index (χ3n) is 3.69. The molecule has 4 nitrogen and oxygen atoms in total. The predicted molar refractivity (Wildman–Crippen MR) is 75.4 cm³/mol. The summed E-state index contributed by atoms with van der Waals surface area (Å²) in [5.74, 6) is 1.11. The number of amides is 1. The minimum atomic E-state index is 0.343. The Bertz CT molecular complexity index is 235. The van der Waals surface area contributed by atoms with E-state index in [0.29, 0.717) is 12.3 Å². The van der Waals surface area contributed by atoms with Crippen LogP contribution in [0, 0.1) is 5.92 Å². The van der Waals surface area contributed by atoms with Crippen molar-refractivity contribution in [1.29, 1.82) is 0 Å². The van der Waals surface area contributed by atoms with Crippen LogP contribution in [0.4, 0.5) is 0 Å². The van der Waals surface area contributed by atoms with Crippen molar-refractivity contribution in [3.63, 3.8) is 0 Å². The fourth-order valence-corrected chi connectivity index (χ4v) is 2.64. The Morgan fingerprint density at radius 1 is 1.22 bits per heavy atom. The summed E-state index contributed by atoms with van der Waals surface area (Å²) in [6.07, 6.45) is 6.14. The van der Waals surface area contributed by atoms with Crippen LogP contribution in [-0.2, 0) is 4.79 Å². The van der Waals surface area contributed by atoms with Gasteiger partial charge in [0.1, 0.15) is 0 Å². The molecule has 0 aromatic rings. The number of carbonyl (C=O) groups excluding carboxylic acids is 1. The Balaban J connectivity index is 2.15. The molecule has 0 aliphatic carbocycles. The summed E-state index contributed by atoms with van der Waals surface area (Å²) in [5, 5.41) is 0. The first-order valence-corrected chi connectivity index (χ1v) is 7.26. The van der Waals surface area contributed by atoms with Crippen LogP contribution in [0.2, 0.25) is 0 Å². The van der Waals surface area contributed by atoms with Crippen LogP contribution in [-0.4, -0.2) is 56.0 Å². The zero-order chi connectivity index (χ0) is 13.4. The number of hydrogen-bond donors (Lipinski definition) is 1. The van der Waals surface area contributed by atoms with Crippen LogP contribution in [0.25, 0.3) is 0 Å². The van der Waals surface area contributed by atoms with E-state index < -0.39 is 0 Å². The van der Waals surface area contributed by atoms with Crippen LogP contribution >= 0.6 is 0 Å². The minimum Gasteiger partial charge on any atom is -0.343 e. The molecule has 0 spiro atoms. The first kappa shape index (κ1) is 15.4. The molecule has 0 saturated carbocycles. The summed E-state index contributed by atoms with van der Waals surface area (Å²) >= 11 is 0. The van der Waals surface area contributed by atoms with Gasteiger partial charge in [-0.3, -0.25) is 4.79 Å². The van der Waals surface area contributed by atoms with Gasteiger partial charge in [-0.15, -0.1) is 0 Å². The van der Waals surface area contributed by atoms with Crippen molar-refractivity contribution >= 4 is 5.91 Å². The van der Waals surface area contributed by atoms with Crippen molar-refractivity contribution in [3.8, 4) is 0 Å². The van der Waals surface area contributed by atoms with Gasteiger partial charge in [-0.1, -0.05) is 6.42 Å². The van der Waals surface area contributed by atoms with E-state index >= 15 is 0 Å². The molecule has 4 heteroatoms. The van der Waals surface area contributed by atoms with Crippen molar-refractivity contribution in [2.75, 3.05) is 40.3 Å². The number of carbonyl (C=O) groups is 1. The Kier molecular flexibility index (Phi) is 7.28. The van der Waals surface area contributed by atoms with Crippen molar-refractivity contribution in [3.05, 3.63) is 0 Å². The smallest absolute Gasteiger partial charge is 0.222 e. The molecule has 1 saturated heterocycles. The fraction of sp³-hybridized carbons (Fsp3) is 0.929. The molecule has 1 aliphatic rings. The van der Waals surface area contributed by atoms with Gasteiger partial charge in [0, 0.05) is 26.1 Å². The van der Waals surface area contributed by atoms with Gasteiger partial charge < -0.3 is 15.5 Å². The average Bonchev–Trinajstić information content (AvgIpc) is 2.34. The zero-order valence-corrected chi connectivity index (χ0v) is 12.0. The van der Waals surface area contributed by atoms with Crippen LogP contribution in [0.3, 0.4) is 0 Å². The van der Waals surface area contributed by atoms with Gasteiger partial charge in [0.05, 0.1) is 0 Å². The van der Waals surface area contributed by atoms with E-state index in [2.05, 4.69) is 23.9 Å². The van der Waals surface area contributed by atoms with Gasteiger partial charge in [-0.2, -0.15) is 0 Å². The van der Waals surface area contributed by atoms with Crippen LogP contribution in [0.5, 0.6) is 0 Å². The molecular formula is C14H29N3O. The Morgan fingerprint density at radius 2 is 1.89 bits per heavy atom. The van der Waals surface area contributed by atoms with Gasteiger partial charge in [-0.25, -0.2) is 0 Å². The minimum absolute atomic E-state index is 0.343. The molecule has 0 aromatic heterocycles. The van der Waals surface area contributed by atoms with E-state index in [0.717, 1.165) is 64.2 Å². The molecule has 1 fully saturated rings. The molecule has 2 N–H and O–H groups in total. The summed E-state index contributed by atoms with van der Waals surface area (Å²) in [5.41, 5.74) is 5.44. The SMILES string of the molecule is CN(C)CC1CCN(C(=O)CCCCCN)CC1. The monoisotopic (exact) mass is 255 g/mol. The van der Waals surface area contributed by atoms with Crippen molar-refractivity contribution < 1.29 is 4.79 Å². The lowest BCUT2D eigenvalue weighted by Gasteiger charge is -2.33. The second-order valence-electron chi connectivity index (χ2n) is 5.69. The first-order valence-electron chi connectivity index (χ1n) is 7.26. The van der Waals surface area contributed by atoms with Gasteiger partial charge >= 0.3 is 0 Å². The Labute approximate surface area is 111 Å². The molecule has 106 valence electrons. The van der Waals surface area contributed by atoms with Crippen molar-refractivity contribution in [2.45, 2.75) is 38.5 Å². The van der Waals surface area contributed by atoms with E-state index in [-0.39, 0.29) is 0 Å². The highest BCUT2D eigenvalue weighted by atomic mass is 16.2.